The summed E-state index contributed by atoms with van der Waals surface area (Å²) in [5.41, 5.74) is 1.15. The number of hydrogen-bond donors (Lipinski definition) is 0. The van der Waals surface area contributed by atoms with Crippen LogP contribution < -0.4 is 4.74 Å². The maximum Gasteiger partial charge on any atom is 0.237 e. The van der Waals surface area contributed by atoms with Crippen molar-refractivity contribution in [2.24, 2.45) is 0 Å². The van der Waals surface area contributed by atoms with Gasteiger partial charge in [0.1, 0.15) is 5.75 Å². The van der Waals surface area contributed by atoms with Crippen LogP contribution in [0.5, 0.6) is 5.75 Å². The van der Waals surface area contributed by atoms with E-state index >= 15 is 0 Å². The molecule has 1 aliphatic rings. The van der Waals surface area contributed by atoms with Crippen molar-refractivity contribution in [3.05, 3.63) is 29.8 Å². The highest BCUT2D eigenvalue weighted by Gasteiger charge is 2.23. The maximum atomic E-state index is 12.3. The number of hydrogen-bond acceptors (Lipinski definition) is 4. The molecule has 122 valence electrons. The highest BCUT2D eigenvalue weighted by atomic mass is 32.2. The van der Waals surface area contributed by atoms with Crippen molar-refractivity contribution in [1.29, 1.82) is 0 Å². The van der Waals surface area contributed by atoms with Crippen molar-refractivity contribution in [2.45, 2.75) is 25.1 Å². The Labute approximate surface area is 137 Å². The second-order valence-corrected chi connectivity index (χ2v) is 7.05. The highest BCUT2D eigenvalue weighted by Crippen LogP contribution is 2.16. The highest BCUT2D eigenvalue weighted by molar-refractivity contribution is 7.99. The summed E-state index contributed by atoms with van der Waals surface area (Å²) in [6.45, 7) is 6.30. The zero-order chi connectivity index (χ0) is 15.9. The van der Waals surface area contributed by atoms with Crippen LogP contribution >= 0.6 is 11.8 Å². The average molecular weight is 322 g/mol. The number of rotatable bonds is 7. The molecule has 1 aromatic rings. The molecule has 0 bridgehead atoms. The van der Waals surface area contributed by atoms with Gasteiger partial charge < -0.3 is 9.64 Å². The van der Waals surface area contributed by atoms with E-state index in [9.17, 15) is 4.79 Å². The number of nitrogens with zero attached hydrogens (tertiary/aromatic N) is 2. The van der Waals surface area contributed by atoms with Crippen LogP contribution in [-0.4, -0.2) is 60.5 Å². The predicted octanol–water partition coefficient (Wildman–Crippen LogP) is 2.48. The Bertz CT molecular complexity index is 478. The van der Waals surface area contributed by atoms with Gasteiger partial charge >= 0.3 is 0 Å². The molecule has 1 saturated heterocycles. The lowest BCUT2D eigenvalue weighted by Gasteiger charge is -2.34. The number of benzene rings is 1. The summed E-state index contributed by atoms with van der Waals surface area (Å²) in [7, 11) is 1.66. The molecule has 0 aromatic heterocycles. The molecule has 0 spiro atoms. The van der Waals surface area contributed by atoms with Crippen LogP contribution in [0.1, 0.15) is 18.9 Å². The van der Waals surface area contributed by atoms with Crippen LogP contribution in [0.3, 0.4) is 0 Å². The number of ether oxygens (including phenoxy) is 1. The summed E-state index contributed by atoms with van der Waals surface area (Å²) in [6.07, 6.45) is 3.29. The van der Waals surface area contributed by atoms with Gasteiger partial charge in [0, 0.05) is 24.9 Å². The molecule has 22 heavy (non-hydrogen) atoms. The second kappa shape index (κ2) is 8.44. The lowest BCUT2D eigenvalue weighted by Crippen LogP contribution is -2.50. The van der Waals surface area contributed by atoms with Gasteiger partial charge in [0.05, 0.1) is 13.7 Å². The zero-order valence-corrected chi connectivity index (χ0v) is 14.6. The third-order valence-electron chi connectivity index (χ3n) is 4.18. The fraction of sp³-hybridized carbons (Fsp3) is 0.588. The van der Waals surface area contributed by atoms with E-state index in [-0.39, 0.29) is 5.91 Å². The van der Waals surface area contributed by atoms with Gasteiger partial charge in [-0.25, -0.2) is 0 Å². The summed E-state index contributed by atoms with van der Waals surface area (Å²) >= 11 is 1.89. The Kier molecular flexibility index (Phi) is 6.58. The molecule has 0 saturated carbocycles. The quantitative estimate of drug-likeness (QED) is 0.772. The molecule has 0 radical (unpaired) electrons. The van der Waals surface area contributed by atoms with Crippen molar-refractivity contribution >= 4 is 17.7 Å². The molecule has 4 nitrogen and oxygen atoms in total. The summed E-state index contributed by atoms with van der Waals surface area (Å²) in [5.74, 6) is 1.08. The molecule has 0 aliphatic carbocycles. The molecule has 5 heteroatoms. The first kappa shape index (κ1) is 17.2. The van der Waals surface area contributed by atoms with E-state index in [1.807, 2.05) is 40.9 Å². The van der Waals surface area contributed by atoms with Gasteiger partial charge in [0.25, 0.3) is 0 Å². The maximum absolute atomic E-state index is 12.3. The van der Waals surface area contributed by atoms with Gasteiger partial charge in [0.2, 0.25) is 5.91 Å². The van der Waals surface area contributed by atoms with E-state index in [4.69, 9.17) is 4.74 Å². The van der Waals surface area contributed by atoms with Gasteiger partial charge in [-0.2, -0.15) is 11.8 Å². The Morgan fingerprint density at radius 3 is 2.59 bits per heavy atom. The average Bonchev–Trinajstić information content (AvgIpc) is 2.55. The van der Waals surface area contributed by atoms with E-state index in [1.54, 1.807) is 7.11 Å². The van der Waals surface area contributed by atoms with Crippen molar-refractivity contribution in [3.63, 3.8) is 0 Å². The molecule has 1 heterocycles. The lowest BCUT2D eigenvalue weighted by molar-refractivity contribution is -0.136. The molecule has 0 N–H and O–H groups in total. The van der Waals surface area contributed by atoms with Crippen molar-refractivity contribution < 1.29 is 9.53 Å². The molecule has 2 rings (SSSR count). The Hall–Kier alpha value is -1.20. The number of amides is 1. The molecule has 1 aromatic carbocycles. The third kappa shape index (κ3) is 4.92. The van der Waals surface area contributed by atoms with Crippen LogP contribution in [0.4, 0.5) is 0 Å². The second-order valence-electron chi connectivity index (χ2n) is 5.77. The van der Waals surface area contributed by atoms with Crippen LogP contribution in [0.2, 0.25) is 0 Å². The number of methoxy groups -OCH3 is 1. The molecule has 1 fully saturated rings. The normalized spacial score (nSPS) is 17.6. The minimum absolute atomic E-state index is 0.235. The molecular formula is C17H26N2O2S. The fourth-order valence-electron chi connectivity index (χ4n) is 2.55. The van der Waals surface area contributed by atoms with E-state index in [2.05, 4.69) is 18.1 Å². The largest absolute Gasteiger partial charge is 0.497 e. The molecule has 0 unspecified atom stereocenters. The van der Waals surface area contributed by atoms with Crippen LogP contribution in [0.25, 0.3) is 0 Å². The first-order valence-corrected chi connectivity index (χ1v) is 9.07. The topological polar surface area (TPSA) is 32.8 Å². The van der Waals surface area contributed by atoms with Crippen molar-refractivity contribution in [3.8, 4) is 5.75 Å². The van der Waals surface area contributed by atoms with Gasteiger partial charge in [-0.1, -0.05) is 19.1 Å². The SMILES string of the molecule is COc1ccc(CN2CCN(CC[C@H](C)SC)CC2=O)cc1. The van der Waals surface area contributed by atoms with Crippen LogP contribution in [0, 0.1) is 0 Å². The third-order valence-corrected chi connectivity index (χ3v) is 5.22. The van der Waals surface area contributed by atoms with Crippen molar-refractivity contribution in [1.82, 2.24) is 9.80 Å². The van der Waals surface area contributed by atoms with Gasteiger partial charge in [-0.15, -0.1) is 0 Å². The van der Waals surface area contributed by atoms with Gasteiger partial charge in [-0.3, -0.25) is 9.69 Å². The molecule has 1 amide bonds. The monoisotopic (exact) mass is 322 g/mol. The lowest BCUT2D eigenvalue weighted by atomic mass is 10.2. The minimum atomic E-state index is 0.235. The standard InChI is InChI=1S/C17H26N2O2S/c1-14(22-3)8-9-18-10-11-19(17(20)13-18)12-15-4-6-16(21-2)7-5-15/h4-7,14H,8-13H2,1-3H3/t14-/m0/s1. The molecular weight excluding hydrogens is 296 g/mol. The van der Waals surface area contributed by atoms with Gasteiger partial charge in [-0.05, 0) is 36.9 Å². The fourth-order valence-corrected chi connectivity index (χ4v) is 2.89. The predicted molar refractivity (Wildman–Crippen MR) is 92.4 cm³/mol. The molecule has 1 aliphatic heterocycles. The zero-order valence-electron chi connectivity index (χ0n) is 13.7. The van der Waals surface area contributed by atoms with Gasteiger partial charge in [0.15, 0.2) is 0 Å². The van der Waals surface area contributed by atoms with Crippen molar-refractivity contribution in [2.75, 3.05) is 39.5 Å². The minimum Gasteiger partial charge on any atom is -0.497 e. The van der Waals surface area contributed by atoms with E-state index < -0.39 is 0 Å². The molecule has 1 atom stereocenters. The summed E-state index contributed by atoms with van der Waals surface area (Å²) in [5, 5.41) is 0.660. The summed E-state index contributed by atoms with van der Waals surface area (Å²) < 4.78 is 5.16. The first-order valence-electron chi connectivity index (χ1n) is 7.78. The number of piperazine rings is 1. The number of thioether (sulfide) groups is 1. The first-order chi connectivity index (χ1) is 10.6. The summed E-state index contributed by atoms with van der Waals surface area (Å²) in [4.78, 5) is 16.5. The Morgan fingerprint density at radius 2 is 2.00 bits per heavy atom. The summed E-state index contributed by atoms with van der Waals surface area (Å²) in [6, 6.07) is 7.94. The van der Waals surface area contributed by atoms with Crippen LogP contribution in [-0.2, 0) is 11.3 Å². The van der Waals surface area contributed by atoms with E-state index in [0.717, 1.165) is 37.4 Å². The van der Waals surface area contributed by atoms with E-state index in [0.29, 0.717) is 18.3 Å². The number of carbonyl (C=O) groups is 1. The Morgan fingerprint density at radius 1 is 1.27 bits per heavy atom. The smallest absolute Gasteiger partial charge is 0.237 e. The van der Waals surface area contributed by atoms with E-state index in [1.165, 1.54) is 0 Å². The van der Waals surface area contributed by atoms with Crippen LogP contribution in [0.15, 0.2) is 24.3 Å². The number of carbonyl (C=O) groups excluding carboxylic acids is 1. The Balaban J connectivity index is 1.81.